The predicted octanol–water partition coefficient (Wildman–Crippen LogP) is 6.94. The third-order valence-electron chi connectivity index (χ3n) is 5.24. The van der Waals surface area contributed by atoms with Crippen LogP contribution in [0.15, 0.2) is 62.4 Å². The molecule has 1 N–H and O–H groups in total. The molecule has 0 atom stereocenters. The molecule has 0 unspecified atom stereocenters. The molecule has 0 aromatic heterocycles. The van der Waals surface area contributed by atoms with E-state index in [0.29, 0.717) is 0 Å². The number of nitrogens with zero attached hydrogens (tertiary/aromatic N) is 1. The van der Waals surface area contributed by atoms with Crippen LogP contribution < -0.4 is 10.7 Å². The van der Waals surface area contributed by atoms with Crippen molar-refractivity contribution in [1.29, 1.82) is 0 Å². The van der Waals surface area contributed by atoms with Crippen LogP contribution in [0.25, 0.3) is 33.4 Å². The second-order valence-corrected chi connectivity index (χ2v) is 8.11. The summed E-state index contributed by atoms with van der Waals surface area (Å²) in [7, 11) is 0. The van der Waals surface area contributed by atoms with Crippen molar-refractivity contribution in [3.8, 4) is 22.5 Å². The van der Waals surface area contributed by atoms with Crippen molar-refractivity contribution in [2.75, 3.05) is 18.4 Å². The first-order valence-electron chi connectivity index (χ1n) is 10.0. The average molecular weight is 449 g/mol. The molecule has 2 aliphatic rings. The minimum atomic E-state index is 0.752. The van der Waals surface area contributed by atoms with Gasteiger partial charge in [0.05, 0.1) is 11.0 Å². The lowest BCUT2D eigenvalue weighted by Gasteiger charge is -2.19. The van der Waals surface area contributed by atoms with Crippen LogP contribution in [-0.4, -0.2) is 13.1 Å². The van der Waals surface area contributed by atoms with Gasteiger partial charge in [-0.25, -0.2) is 0 Å². The number of hydrogen-bond acceptors (Lipinski definition) is 3. The lowest BCUT2D eigenvalue weighted by molar-refractivity contribution is 0.618. The minimum absolute atomic E-state index is 0.752. The highest BCUT2D eigenvalue weighted by Gasteiger charge is 2.20. The maximum Gasteiger partial charge on any atom is 0.137 e. The van der Waals surface area contributed by atoms with Gasteiger partial charge in [0, 0.05) is 46.2 Å². The lowest BCUT2D eigenvalue weighted by atomic mass is 9.90. The molecule has 3 nitrogen and oxygen atoms in total. The van der Waals surface area contributed by atoms with E-state index < -0.39 is 0 Å². The maximum atomic E-state index is 6.41. The van der Waals surface area contributed by atoms with Crippen molar-refractivity contribution in [1.82, 2.24) is 0 Å². The molecule has 0 saturated heterocycles. The van der Waals surface area contributed by atoms with Gasteiger partial charge in [-0.1, -0.05) is 24.3 Å². The van der Waals surface area contributed by atoms with Crippen LogP contribution in [0.3, 0.4) is 0 Å². The number of halogens is 1. The van der Waals surface area contributed by atoms with E-state index in [1.807, 2.05) is 0 Å². The SMILES string of the molecule is CCN=c1cc2oc3cc(NCC)c(Br)cc3c(-c3ccccc3C)c-2cc1C. The molecule has 0 radical (unpaired) electrons. The van der Waals surface area contributed by atoms with E-state index in [2.05, 4.69) is 102 Å². The zero-order valence-corrected chi connectivity index (χ0v) is 18.9. The van der Waals surface area contributed by atoms with Crippen molar-refractivity contribution < 1.29 is 4.42 Å². The Balaban J connectivity index is 2.18. The van der Waals surface area contributed by atoms with E-state index in [4.69, 9.17) is 4.42 Å². The normalized spacial score (nSPS) is 12.1. The largest absolute Gasteiger partial charge is 0.456 e. The molecule has 2 aromatic carbocycles. The third kappa shape index (κ3) is 3.58. The van der Waals surface area contributed by atoms with Gasteiger partial charge in [-0.15, -0.1) is 0 Å². The first kappa shape index (κ1) is 19.7. The summed E-state index contributed by atoms with van der Waals surface area (Å²) < 4.78 is 7.44. The van der Waals surface area contributed by atoms with Crippen LogP contribution in [0.1, 0.15) is 25.0 Å². The van der Waals surface area contributed by atoms with Crippen molar-refractivity contribution in [3.05, 3.63) is 69.5 Å². The molecule has 148 valence electrons. The Kier molecular flexibility index (Phi) is 5.46. The van der Waals surface area contributed by atoms with E-state index in [0.717, 1.165) is 56.5 Å². The molecule has 0 spiro atoms. The summed E-state index contributed by atoms with van der Waals surface area (Å²) in [5.41, 5.74) is 7.84. The van der Waals surface area contributed by atoms with Crippen LogP contribution in [-0.2, 0) is 0 Å². The van der Waals surface area contributed by atoms with Crippen LogP contribution >= 0.6 is 15.9 Å². The fraction of sp³-hybridized carbons (Fsp3) is 0.240. The van der Waals surface area contributed by atoms with Crippen molar-refractivity contribution in [2.45, 2.75) is 27.7 Å². The Bertz CT molecular complexity index is 1240. The van der Waals surface area contributed by atoms with Gasteiger partial charge in [-0.3, -0.25) is 4.99 Å². The average Bonchev–Trinajstić information content (AvgIpc) is 2.69. The molecule has 0 saturated carbocycles. The molecule has 1 aliphatic carbocycles. The smallest absolute Gasteiger partial charge is 0.137 e. The number of hydrogen-bond donors (Lipinski definition) is 1. The molecule has 0 bridgehead atoms. The Labute approximate surface area is 180 Å². The van der Waals surface area contributed by atoms with E-state index in [-0.39, 0.29) is 0 Å². The third-order valence-corrected chi connectivity index (χ3v) is 5.89. The van der Waals surface area contributed by atoms with Gasteiger partial charge >= 0.3 is 0 Å². The summed E-state index contributed by atoms with van der Waals surface area (Å²) in [6, 6.07) is 17.1. The van der Waals surface area contributed by atoms with Gasteiger partial charge in [0.2, 0.25) is 0 Å². The maximum absolute atomic E-state index is 6.41. The van der Waals surface area contributed by atoms with Crippen LogP contribution in [0.4, 0.5) is 5.69 Å². The zero-order valence-electron chi connectivity index (χ0n) is 17.3. The van der Waals surface area contributed by atoms with Crippen LogP contribution in [0.2, 0.25) is 0 Å². The molecule has 2 aromatic rings. The van der Waals surface area contributed by atoms with Crippen LogP contribution in [0, 0.1) is 13.8 Å². The van der Waals surface area contributed by atoms with Gasteiger partial charge in [-0.2, -0.15) is 0 Å². The van der Waals surface area contributed by atoms with Gasteiger partial charge < -0.3 is 9.73 Å². The molecule has 1 heterocycles. The fourth-order valence-electron chi connectivity index (χ4n) is 3.86. The molecule has 1 aliphatic heterocycles. The quantitative estimate of drug-likeness (QED) is 0.343. The summed E-state index contributed by atoms with van der Waals surface area (Å²) in [5, 5.41) is 5.49. The highest BCUT2D eigenvalue weighted by Crippen LogP contribution is 2.43. The van der Waals surface area contributed by atoms with Crippen molar-refractivity contribution in [3.63, 3.8) is 0 Å². The zero-order chi connectivity index (χ0) is 20.5. The topological polar surface area (TPSA) is 37.5 Å². The van der Waals surface area contributed by atoms with E-state index in [1.54, 1.807) is 0 Å². The summed E-state index contributed by atoms with van der Waals surface area (Å²) in [6.45, 7) is 10.0. The van der Waals surface area contributed by atoms with Gasteiger partial charge in [0.25, 0.3) is 0 Å². The second-order valence-electron chi connectivity index (χ2n) is 7.26. The fourth-order valence-corrected chi connectivity index (χ4v) is 4.35. The Morgan fingerprint density at radius 3 is 2.48 bits per heavy atom. The molecule has 4 rings (SSSR count). The highest BCUT2D eigenvalue weighted by atomic mass is 79.9. The summed E-state index contributed by atoms with van der Waals surface area (Å²) in [5.74, 6) is 0.860. The predicted molar refractivity (Wildman–Crippen MR) is 126 cm³/mol. The van der Waals surface area contributed by atoms with Gasteiger partial charge in [-0.05, 0) is 72.4 Å². The number of anilines is 1. The van der Waals surface area contributed by atoms with Crippen molar-refractivity contribution >= 4 is 32.6 Å². The Morgan fingerprint density at radius 1 is 0.966 bits per heavy atom. The van der Waals surface area contributed by atoms with E-state index in [1.165, 1.54) is 16.7 Å². The standard InChI is InChI=1S/C25H25BrN2O/c1-5-27-21-13-23-18(11-16(21)4)25(17-10-8-7-9-15(17)3)19-12-20(26)22(28-6-2)14-24(19)29-23/h7-14,28H,5-6H2,1-4H3. The molecule has 4 heteroatoms. The summed E-state index contributed by atoms with van der Waals surface area (Å²) in [6.07, 6.45) is 0. The molecular formula is C25H25BrN2O. The first-order valence-corrected chi connectivity index (χ1v) is 10.8. The van der Waals surface area contributed by atoms with Gasteiger partial charge in [0.1, 0.15) is 11.3 Å². The summed E-state index contributed by atoms with van der Waals surface area (Å²) in [4.78, 5) is 4.64. The Morgan fingerprint density at radius 2 is 1.76 bits per heavy atom. The number of nitrogens with one attached hydrogen (secondary N) is 1. The van der Waals surface area contributed by atoms with Crippen molar-refractivity contribution in [2.24, 2.45) is 4.99 Å². The number of fused-ring (bicyclic) bond motifs is 2. The second kappa shape index (κ2) is 8.03. The molecule has 0 fully saturated rings. The van der Waals surface area contributed by atoms with E-state index >= 15 is 0 Å². The van der Waals surface area contributed by atoms with Crippen LogP contribution in [0.5, 0.6) is 0 Å². The number of aryl methyl sites for hydroxylation is 2. The number of benzene rings is 3. The number of rotatable bonds is 4. The minimum Gasteiger partial charge on any atom is -0.456 e. The monoisotopic (exact) mass is 448 g/mol. The molecule has 0 amide bonds. The molecular weight excluding hydrogens is 424 g/mol. The Hall–Kier alpha value is -2.59. The first-order chi connectivity index (χ1) is 14.0. The van der Waals surface area contributed by atoms with E-state index in [9.17, 15) is 0 Å². The molecule has 29 heavy (non-hydrogen) atoms. The van der Waals surface area contributed by atoms with Gasteiger partial charge in [0.15, 0.2) is 0 Å². The lowest BCUT2D eigenvalue weighted by Crippen LogP contribution is -2.09. The summed E-state index contributed by atoms with van der Waals surface area (Å²) >= 11 is 3.74. The highest BCUT2D eigenvalue weighted by molar-refractivity contribution is 9.10.